The molecule has 9 nitrogen and oxygen atoms in total. The number of aromatic hydroxyl groups is 1. The number of ether oxygens (including phenoxy) is 1. The minimum Gasteiger partial charge on any atom is -0.508 e. The molecular formula is C34H39ClN6O3. The van der Waals surface area contributed by atoms with Gasteiger partial charge in [0.25, 0.3) is 5.91 Å². The molecule has 0 spiro atoms. The van der Waals surface area contributed by atoms with Crippen molar-refractivity contribution in [1.29, 1.82) is 0 Å². The summed E-state index contributed by atoms with van der Waals surface area (Å²) in [5.74, 6) is 0.925. The molecule has 6 aliphatic heterocycles. The number of carbonyl (C=O) groups is 1. The molecule has 7 heterocycles. The Morgan fingerprint density at radius 3 is 2.82 bits per heavy atom. The third-order valence-electron chi connectivity index (χ3n) is 11.4. The summed E-state index contributed by atoms with van der Waals surface area (Å²) in [6.07, 6.45) is 7.61. The number of nitrogens with zero attached hydrogens (tertiary/aromatic N) is 5. The smallest absolute Gasteiger partial charge is 0.251 e. The van der Waals surface area contributed by atoms with Crippen LogP contribution in [0.2, 0.25) is 5.02 Å². The van der Waals surface area contributed by atoms with E-state index in [0.717, 1.165) is 91.8 Å². The molecule has 230 valence electrons. The second-order valence-electron chi connectivity index (χ2n) is 13.8. The van der Waals surface area contributed by atoms with E-state index in [9.17, 15) is 9.90 Å². The third-order valence-corrected chi connectivity index (χ3v) is 11.7. The Morgan fingerprint density at radius 2 is 1.98 bits per heavy atom. The van der Waals surface area contributed by atoms with Crippen molar-refractivity contribution in [2.24, 2.45) is 0 Å². The molecular weight excluding hydrogens is 576 g/mol. The zero-order valence-electron chi connectivity index (χ0n) is 25.2. The number of carbonyl (C=O) groups excluding carboxylic acids is 1. The van der Waals surface area contributed by atoms with Crippen LogP contribution in [0, 0.1) is 0 Å². The van der Waals surface area contributed by atoms with E-state index in [0.29, 0.717) is 30.1 Å². The highest BCUT2D eigenvalue weighted by Crippen LogP contribution is 2.50. The molecule has 9 rings (SSSR count). The van der Waals surface area contributed by atoms with Crippen molar-refractivity contribution in [1.82, 2.24) is 15.2 Å². The van der Waals surface area contributed by atoms with Gasteiger partial charge in [-0.15, -0.1) is 0 Å². The monoisotopic (exact) mass is 614 g/mol. The first-order chi connectivity index (χ1) is 21.4. The van der Waals surface area contributed by atoms with Gasteiger partial charge in [0.15, 0.2) is 0 Å². The van der Waals surface area contributed by atoms with Crippen LogP contribution in [0.5, 0.6) is 11.6 Å². The first kappa shape index (κ1) is 27.1. The van der Waals surface area contributed by atoms with Crippen LogP contribution in [0.4, 0.5) is 17.1 Å². The molecule has 3 atom stereocenters. The number of fused-ring (bicyclic) bond motifs is 10. The minimum atomic E-state index is -0.212. The molecule has 2 aromatic carbocycles. The fourth-order valence-corrected chi connectivity index (χ4v) is 9.63. The number of pyridine rings is 1. The van der Waals surface area contributed by atoms with Crippen LogP contribution in [-0.4, -0.2) is 84.4 Å². The number of rotatable bonds is 4. The lowest BCUT2D eigenvalue weighted by Crippen LogP contribution is -2.66. The van der Waals surface area contributed by atoms with E-state index >= 15 is 0 Å². The zero-order chi connectivity index (χ0) is 29.7. The molecule has 1 amide bonds. The molecule has 3 unspecified atom stereocenters. The van der Waals surface area contributed by atoms with Crippen LogP contribution in [0.3, 0.4) is 0 Å². The molecule has 3 aromatic rings. The predicted octanol–water partition coefficient (Wildman–Crippen LogP) is 4.45. The number of piperazine rings is 1. The van der Waals surface area contributed by atoms with Gasteiger partial charge >= 0.3 is 0 Å². The molecule has 4 saturated heterocycles. The third kappa shape index (κ3) is 3.91. The van der Waals surface area contributed by atoms with Crippen molar-refractivity contribution in [3.63, 3.8) is 0 Å². The summed E-state index contributed by atoms with van der Waals surface area (Å²) >= 11 is 6.74. The first-order valence-electron chi connectivity index (χ1n) is 16.3. The van der Waals surface area contributed by atoms with Crippen LogP contribution in [0.15, 0.2) is 30.3 Å². The Kier molecular flexibility index (Phi) is 6.07. The minimum absolute atomic E-state index is 0.0711. The molecule has 6 aliphatic rings. The fraction of sp³-hybridized carbons (Fsp3) is 0.529. The van der Waals surface area contributed by atoms with Gasteiger partial charge < -0.3 is 29.9 Å². The Labute approximate surface area is 262 Å². The first-order valence-corrected chi connectivity index (χ1v) is 16.7. The number of anilines is 3. The quantitative estimate of drug-likeness (QED) is 0.446. The maximum Gasteiger partial charge on any atom is 0.251 e. The lowest BCUT2D eigenvalue weighted by Gasteiger charge is -2.49. The zero-order valence-corrected chi connectivity index (χ0v) is 25.9. The van der Waals surface area contributed by atoms with Crippen molar-refractivity contribution in [3.05, 3.63) is 46.6 Å². The predicted molar refractivity (Wildman–Crippen MR) is 172 cm³/mol. The van der Waals surface area contributed by atoms with E-state index in [4.69, 9.17) is 21.3 Å². The van der Waals surface area contributed by atoms with Gasteiger partial charge in [0.2, 0.25) is 5.88 Å². The summed E-state index contributed by atoms with van der Waals surface area (Å²) in [5.41, 5.74) is 5.15. The standard InChI is InChI=1S/C34H39ClN6O3/c1-38-31-29(41-17-21-7-8-25(36-21)30(41)33(38)43)23-9-14-39(27-16-22(42)15-20-5-2-6-24(35)28(20)27)18-26(23)37-32(31)44-19-34-10-3-12-40(34)13-4-11-34/h2,5-6,15-16,21,25,30,36,42H,3-4,7-14,17-19H2,1H3. The number of nitrogens with one attached hydrogen (secondary N) is 1. The van der Waals surface area contributed by atoms with Crippen molar-refractivity contribution in [2.45, 2.75) is 75.2 Å². The van der Waals surface area contributed by atoms with Crippen LogP contribution < -0.4 is 24.8 Å². The van der Waals surface area contributed by atoms with Gasteiger partial charge in [-0.3, -0.25) is 9.69 Å². The van der Waals surface area contributed by atoms with Gasteiger partial charge in [0.1, 0.15) is 24.1 Å². The van der Waals surface area contributed by atoms with Gasteiger partial charge in [0.05, 0.1) is 34.2 Å². The lowest BCUT2D eigenvalue weighted by molar-refractivity contribution is -0.120. The van der Waals surface area contributed by atoms with E-state index in [1.165, 1.54) is 18.4 Å². The molecule has 0 aliphatic carbocycles. The van der Waals surface area contributed by atoms with Crippen LogP contribution in [0.25, 0.3) is 10.8 Å². The van der Waals surface area contributed by atoms with Gasteiger partial charge in [-0.25, -0.2) is 4.98 Å². The summed E-state index contributed by atoms with van der Waals surface area (Å²) in [6, 6.07) is 9.74. The Hall–Kier alpha value is -3.27. The van der Waals surface area contributed by atoms with E-state index in [1.54, 1.807) is 6.07 Å². The largest absolute Gasteiger partial charge is 0.508 e. The number of benzene rings is 2. The Balaban J connectivity index is 1.16. The van der Waals surface area contributed by atoms with Gasteiger partial charge in [0, 0.05) is 49.2 Å². The molecule has 44 heavy (non-hydrogen) atoms. The van der Waals surface area contributed by atoms with Crippen molar-refractivity contribution >= 4 is 45.3 Å². The van der Waals surface area contributed by atoms with Crippen molar-refractivity contribution < 1.29 is 14.6 Å². The molecule has 2 bridgehead atoms. The highest BCUT2D eigenvalue weighted by molar-refractivity contribution is 6.36. The maximum absolute atomic E-state index is 14.0. The lowest BCUT2D eigenvalue weighted by atomic mass is 9.92. The van der Waals surface area contributed by atoms with E-state index < -0.39 is 0 Å². The number of aromatic nitrogens is 1. The van der Waals surface area contributed by atoms with E-state index in [2.05, 4.69) is 20.0 Å². The molecule has 0 saturated carbocycles. The Bertz CT molecular complexity index is 1690. The normalized spacial score (nSPS) is 27.0. The fourth-order valence-electron chi connectivity index (χ4n) is 9.36. The van der Waals surface area contributed by atoms with E-state index in [-0.39, 0.29) is 29.3 Å². The number of phenolic OH excluding ortho intramolecular Hbond substituents is 1. The van der Waals surface area contributed by atoms with Crippen molar-refractivity contribution in [2.75, 3.05) is 54.5 Å². The van der Waals surface area contributed by atoms with Crippen molar-refractivity contribution in [3.8, 4) is 11.6 Å². The topological polar surface area (TPSA) is 84.4 Å². The van der Waals surface area contributed by atoms with E-state index in [1.807, 2.05) is 36.2 Å². The maximum atomic E-state index is 14.0. The Morgan fingerprint density at radius 1 is 1.14 bits per heavy atom. The molecule has 2 N–H and O–H groups in total. The average Bonchev–Trinajstić information content (AvgIpc) is 3.71. The number of likely N-dealkylation sites (N-methyl/N-ethyl adjacent to an activating group) is 1. The summed E-state index contributed by atoms with van der Waals surface area (Å²) in [7, 11) is 1.91. The summed E-state index contributed by atoms with van der Waals surface area (Å²) in [6.45, 7) is 5.01. The van der Waals surface area contributed by atoms with Crippen LogP contribution in [-0.2, 0) is 17.8 Å². The van der Waals surface area contributed by atoms with Crippen LogP contribution in [0.1, 0.15) is 49.8 Å². The van der Waals surface area contributed by atoms with Gasteiger partial charge in [-0.1, -0.05) is 23.7 Å². The molecule has 10 heteroatoms. The second kappa shape index (κ2) is 9.86. The number of amides is 1. The van der Waals surface area contributed by atoms with Gasteiger partial charge in [-0.2, -0.15) is 0 Å². The van der Waals surface area contributed by atoms with Crippen LogP contribution >= 0.6 is 11.6 Å². The van der Waals surface area contributed by atoms with Gasteiger partial charge in [-0.05, 0) is 75.6 Å². The highest BCUT2D eigenvalue weighted by Gasteiger charge is 2.51. The number of hydrogen-bond donors (Lipinski definition) is 2. The molecule has 0 radical (unpaired) electrons. The molecule has 4 fully saturated rings. The number of hydrogen-bond acceptors (Lipinski definition) is 8. The summed E-state index contributed by atoms with van der Waals surface area (Å²) in [4.78, 5) is 28.4. The number of halogens is 1. The number of phenols is 1. The average molecular weight is 615 g/mol. The highest BCUT2D eigenvalue weighted by atomic mass is 35.5. The summed E-state index contributed by atoms with van der Waals surface area (Å²) < 4.78 is 6.81. The second-order valence-corrected chi connectivity index (χ2v) is 14.2. The molecule has 1 aromatic heterocycles. The SMILES string of the molecule is CN1C(=O)C2C3CCC(CN2c2c4c(nc(OCC56CCCN5CCC6)c21)CN(c1cc(O)cc2cccc(Cl)c12)CC4)N3. The summed E-state index contributed by atoms with van der Waals surface area (Å²) in [5, 5.41) is 16.9.